The molecular weight excluding hydrogens is 204 g/mol. The SMILES string of the molecule is CN1CCCC(CC(N)C(=O)NN(C)C)C1. The minimum Gasteiger partial charge on any atom is -0.320 e. The second-order valence-electron chi connectivity index (χ2n) is 4.98. The van der Waals surface area contributed by atoms with Gasteiger partial charge in [-0.15, -0.1) is 0 Å². The number of likely N-dealkylation sites (tertiary alicyclic amines) is 1. The van der Waals surface area contributed by atoms with E-state index in [1.165, 1.54) is 12.8 Å². The topological polar surface area (TPSA) is 61.6 Å². The van der Waals surface area contributed by atoms with Crippen LogP contribution in [-0.4, -0.2) is 56.1 Å². The molecule has 0 aromatic heterocycles. The first kappa shape index (κ1) is 13.4. The van der Waals surface area contributed by atoms with Crippen molar-refractivity contribution in [3.8, 4) is 0 Å². The number of nitrogens with one attached hydrogen (secondary N) is 1. The predicted molar refractivity (Wildman–Crippen MR) is 64.6 cm³/mol. The van der Waals surface area contributed by atoms with Crippen molar-refractivity contribution in [2.75, 3.05) is 34.2 Å². The smallest absolute Gasteiger partial charge is 0.251 e. The van der Waals surface area contributed by atoms with Crippen LogP contribution >= 0.6 is 0 Å². The number of piperidine rings is 1. The molecule has 1 rings (SSSR count). The van der Waals surface area contributed by atoms with E-state index >= 15 is 0 Å². The Morgan fingerprint density at radius 1 is 1.62 bits per heavy atom. The monoisotopic (exact) mass is 228 g/mol. The Bertz CT molecular complexity index is 232. The maximum absolute atomic E-state index is 11.6. The molecule has 2 atom stereocenters. The Morgan fingerprint density at radius 2 is 2.31 bits per heavy atom. The van der Waals surface area contributed by atoms with Crippen LogP contribution in [0.1, 0.15) is 19.3 Å². The predicted octanol–water partition coefficient (Wildman–Crippen LogP) is -0.362. The third-order valence-electron chi connectivity index (χ3n) is 2.98. The molecule has 2 unspecified atom stereocenters. The molecule has 5 nitrogen and oxygen atoms in total. The Hall–Kier alpha value is -0.650. The lowest BCUT2D eigenvalue weighted by atomic mass is 9.92. The Balaban J connectivity index is 2.32. The second kappa shape index (κ2) is 6.18. The fourth-order valence-corrected chi connectivity index (χ4v) is 2.24. The highest BCUT2D eigenvalue weighted by molar-refractivity contribution is 5.80. The van der Waals surface area contributed by atoms with Crippen molar-refractivity contribution in [2.45, 2.75) is 25.3 Å². The molecule has 16 heavy (non-hydrogen) atoms. The number of nitrogens with two attached hydrogens (primary N) is 1. The summed E-state index contributed by atoms with van der Waals surface area (Å²) in [6.45, 7) is 2.22. The Kier molecular flexibility index (Phi) is 5.18. The molecule has 0 aromatic carbocycles. The molecular formula is C11H24N4O. The summed E-state index contributed by atoms with van der Waals surface area (Å²) in [5.74, 6) is 0.472. The van der Waals surface area contributed by atoms with Crippen molar-refractivity contribution in [1.82, 2.24) is 15.3 Å². The van der Waals surface area contributed by atoms with Gasteiger partial charge in [-0.1, -0.05) is 0 Å². The quantitative estimate of drug-likeness (QED) is 0.645. The summed E-state index contributed by atoms with van der Waals surface area (Å²) in [6.07, 6.45) is 3.18. The van der Waals surface area contributed by atoms with E-state index < -0.39 is 0 Å². The first-order valence-electron chi connectivity index (χ1n) is 5.91. The molecule has 3 N–H and O–H groups in total. The number of nitrogens with zero attached hydrogens (tertiary/aromatic N) is 2. The molecule has 0 bridgehead atoms. The summed E-state index contributed by atoms with van der Waals surface area (Å²) < 4.78 is 0. The van der Waals surface area contributed by atoms with Gasteiger partial charge < -0.3 is 10.6 Å². The van der Waals surface area contributed by atoms with E-state index in [2.05, 4.69) is 17.4 Å². The molecule has 5 heteroatoms. The van der Waals surface area contributed by atoms with Crippen LogP contribution in [0, 0.1) is 5.92 Å². The zero-order chi connectivity index (χ0) is 12.1. The van der Waals surface area contributed by atoms with Gasteiger partial charge >= 0.3 is 0 Å². The summed E-state index contributed by atoms with van der Waals surface area (Å²) in [5, 5.41) is 1.63. The standard InChI is InChI=1S/C11H24N4O/c1-14(2)13-11(16)10(12)7-9-5-4-6-15(3)8-9/h9-10H,4-8,12H2,1-3H3,(H,13,16). The molecule has 94 valence electrons. The summed E-state index contributed by atoms with van der Waals surface area (Å²) in [4.78, 5) is 13.9. The largest absolute Gasteiger partial charge is 0.320 e. The van der Waals surface area contributed by atoms with Crippen molar-refractivity contribution < 1.29 is 4.79 Å². The highest BCUT2D eigenvalue weighted by atomic mass is 16.2. The fourth-order valence-electron chi connectivity index (χ4n) is 2.24. The lowest BCUT2D eigenvalue weighted by Crippen LogP contribution is -2.48. The molecule has 0 aliphatic carbocycles. The zero-order valence-corrected chi connectivity index (χ0v) is 10.6. The fraction of sp³-hybridized carbons (Fsp3) is 0.909. The zero-order valence-electron chi connectivity index (χ0n) is 10.6. The first-order chi connectivity index (χ1) is 7.49. The summed E-state index contributed by atoms with van der Waals surface area (Å²) in [5.41, 5.74) is 8.58. The number of hydrogen-bond acceptors (Lipinski definition) is 4. The maximum atomic E-state index is 11.6. The van der Waals surface area contributed by atoms with Crippen LogP contribution in [0.15, 0.2) is 0 Å². The van der Waals surface area contributed by atoms with E-state index in [1.807, 2.05) is 0 Å². The van der Waals surface area contributed by atoms with Crippen LogP contribution < -0.4 is 11.2 Å². The lowest BCUT2D eigenvalue weighted by Gasteiger charge is -2.31. The van der Waals surface area contributed by atoms with Crippen molar-refractivity contribution >= 4 is 5.91 Å². The Labute approximate surface area is 97.9 Å². The normalized spacial score (nSPS) is 24.4. The Morgan fingerprint density at radius 3 is 2.88 bits per heavy atom. The molecule has 0 spiro atoms. The highest BCUT2D eigenvalue weighted by Crippen LogP contribution is 2.19. The summed E-state index contributed by atoms with van der Waals surface area (Å²) in [6, 6.07) is -0.390. The van der Waals surface area contributed by atoms with Gasteiger partial charge in [0.25, 0.3) is 5.91 Å². The molecule has 1 aliphatic rings. The molecule has 1 heterocycles. The van der Waals surface area contributed by atoms with E-state index in [1.54, 1.807) is 19.1 Å². The number of amides is 1. The third-order valence-corrected chi connectivity index (χ3v) is 2.98. The van der Waals surface area contributed by atoms with Gasteiger partial charge in [-0.25, -0.2) is 5.01 Å². The first-order valence-corrected chi connectivity index (χ1v) is 5.91. The minimum absolute atomic E-state index is 0.0850. The van der Waals surface area contributed by atoms with Crippen LogP contribution in [0.4, 0.5) is 0 Å². The average molecular weight is 228 g/mol. The number of rotatable bonds is 4. The molecule has 1 amide bonds. The second-order valence-corrected chi connectivity index (χ2v) is 4.98. The van der Waals surface area contributed by atoms with Gasteiger partial charge in [0.1, 0.15) is 0 Å². The van der Waals surface area contributed by atoms with Crippen LogP contribution in [-0.2, 0) is 4.79 Å². The van der Waals surface area contributed by atoms with Crippen molar-refractivity contribution in [3.05, 3.63) is 0 Å². The van der Waals surface area contributed by atoms with Gasteiger partial charge in [0.05, 0.1) is 6.04 Å². The van der Waals surface area contributed by atoms with Crippen molar-refractivity contribution in [2.24, 2.45) is 11.7 Å². The molecule has 1 fully saturated rings. The molecule has 0 saturated carbocycles. The van der Waals surface area contributed by atoms with Gasteiger partial charge in [-0.3, -0.25) is 10.2 Å². The lowest BCUT2D eigenvalue weighted by molar-refractivity contribution is -0.126. The van der Waals surface area contributed by atoms with E-state index in [-0.39, 0.29) is 11.9 Å². The van der Waals surface area contributed by atoms with Gasteiger partial charge in [0.2, 0.25) is 0 Å². The van der Waals surface area contributed by atoms with Crippen LogP contribution in [0.2, 0.25) is 0 Å². The maximum Gasteiger partial charge on any atom is 0.251 e. The minimum atomic E-state index is -0.390. The van der Waals surface area contributed by atoms with E-state index in [9.17, 15) is 4.79 Å². The van der Waals surface area contributed by atoms with Gasteiger partial charge in [-0.2, -0.15) is 0 Å². The molecule has 1 saturated heterocycles. The average Bonchev–Trinajstić information content (AvgIpc) is 2.16. The number of hydrogen-bond donors (Lipinski definition) is 2. The molecule has 1 aliphatic heterocycles. The van der Waals surface area contributed by atoms with E-state index in [0.29, 0.717) is 5.92 Å². The summed E-state index contributed by atoms with van der Waals surface area (Å²) >= 11 is 0. The molecule has 0 radical (unpaired) electrons. The van der Waals surface area contributed by atoms with Crippen LogP contribution in [0.25, 0.3) is 0 Å². The van der Waals surface area contributed by atoms with Gasteiger partial charge in [-0.05, 0) is 38.8 Å². The van der Waals surface area contributed by atoms with E-state index in [0.717, 1.165) is 19.5 Å². The van der Waals surface area contributed by atoms with Crippen LogP contribution in [0.3, 0.4) is 0 Å². The van der Waals surface area contributed by atoms with Crippen molar-refractivity contribution in [1.29, 1.82) is 0 Å². The van der Waals surface area contributed by atoms with Gasteiger partial charge in [0, 0.05) is 20.6 Å². The van der Waals surface area contributed by atoms with Crippen molar-refractivity contribution in [3.63, 3.8) is 0 Å². The number of hydrazine groups is 1. The van der Waals surface area contributed by atoms with E-state index in [4.69, 9.17) is 5.73 Å². The third kappa shape index (κ3) is 4.47. The van der Waals surface area contributed by atoms with Gasteiger partial charge in [0.15, 0.2) is 0 Å². The molecule has 0 aromatic rings. The number of carbonyl (C=O) groups excluding carboxylic acids is 1. The van der Waals surface area contributed by atoms with Crippen LogP contribution in [0.5, 0.6) is 0 Å². The highest BCUT2D eigenvalue weighted by Gasteiger charge is 2.23. The number of carbonyl (C=O) groups is 1. The summed E-state index contributed by atoms with van der Waals surface area (Å²) in [7, 11) is 5.70.